The second-order valence-corrected chi connectivity index (χ2v) is 5.99. The van der Waals surface area contributed by atoms with Gasteiger partial charge in [0.25, 0.3) is 0 Å². The molecule has 0 atom stereocenters. The summed E-state index contributed by atoms with van der Waals surface area (Å²) < 4.78 is 11.2. The lowest BCUT2D eigenvalue weighted by Crippen LogP contribution is -2.39. The van der Waals surface area contributed by atoms with Crippen molar-refractivity contribution in [2.24, 2.45) is 5.73 Å². The van der Waals surface area contributed by atoms with Gasteiger partial charge in [-0.2, -0.15) is 0 Å². The Labute approximate surface area is 174 Å². The Bertz CT molecular complexity index is 740. The third-order valence-electron chi connectivity index (χ3n) is 3.48. The highest BCUT2D eigenvalue weighted by atomic mass is 35.5. The van der Waals surface area contributed by atoms with Gasteiger partial charge in [-0.1, -0.05) is 23.7 Å². The molecule has 0 aliphatic heterocycles. The van der Waals surface area contributed by atoms with E-state index in [2.05, 4.69) is 10.6 Å². The van der Waals surface area contributed by atoms with Crippen molar-refractivity contribution in [3.8, 4) is 11.5 Å². The van der Waals surface area contributed by atoms with E-state index in [0.29, 0.717) is 30.5 Å². The predicted octanol–water partition coefficient (Wildman–Crippen LogP) is 1.91. The molecule has 2 aromatic carbocycles. The number of ether oxygens (including phenoxy) is 2. The van der Waals surface area contributed by atoms with Gasteiger partial charge < -0.3 is 25.8 Å². The van der Waals surface area contributed by atoms with E-state index in [9.17, 15) is 9.59 Å². The van der Waals surface area contributed by atoms with Gasteiger partial charge in [-0.25, -0.2) is 0 Å². The highest BCUT2D eigenvalue weighted by molar-refractivity contribution is 6.30. The third kappa shape index (κ3) is 8.94. The molecule has 0 unspecified atom stereocenters. The van der Waals surface area contributed by atoms with E-state index in [4.69, 9.17) is 26.8 Å². The predicted molar refractivity (Wildman–Crippen MR) is 110 cm³/mol. The fraction of sp³-hybridized carbons (Fsp3) is 0.263. The minimum absolute atomic E-state index is 0. The molecule has 0 aliphatic carbocycles. The highest BCUT2D eigenvalue weighted by Crippen LogP contribution is 2.16. The normalized spacial score (nSPS) is 9.79. The number of halogens is 2. The molecule has 0 aromatic heterocycles. The number of rotatable bonds is 10. The summed E-state index contributed by atoms with van der Waals surface area (Å²) in [6, 6.07) is 14.5. The van der Waals surface area contributed by atoms with Gasteiger partial charge in [0, 0.05) is 11.6 Å². The molecular weight excluding hydrogens is 405 g/mol. The van der Waals surface area contributed by atoms with E-state index < -0.39 is 0 Å². The first-order valence-corrected chi connectivity index (χ1v) is 8.78. The Balaban J connectivity index is 0.00000392. The molecule has 0 fully saturated rings. The molecule has 152 valence electrons. The molecule has 2 aromatic rings. The van der Waals surface area contributed by atoms with Crippen molar-refractivity contribution in [3.63, 3.8) is 0 Å². The molecular formula is C19H23Cl2N3O4. The van der Waals surface area contributed by atoms with E-state index >= 15 is 0 Å². The molecule has 0 radical (unpaired) electrons. The van der Waals surface area contributed by atoms with E-state index in [1.807, 2.05) is 24.3 Å². The zero-order chi connectivity index (χ0) is 19.5. The molecule has 2 amide bonds. The summed E-state index contributed by atoms with van der Waals surface area (Å²) in [6.45, 7) is 0.940. The van der Waals surface area contributed by atoms with Crippen molar-refractivity contribution in [1.82, 2.24) is 10.6 Å². The zero-order valence-electron chi connectivity index (χ0n) is 15.2. The Morgan fingerprint density at radius 2 is 1.39 bits per heavy atom. The first kappa shape index (κ1) is 23.6. The lowest BCUT2D eigenvalue weighted by Gasteiger charge is -2.10. The van der Waals surface area contributed by atoms with Crippen LogP contribution in [0, 0.1) is 0 Å². The summed E-state index contributed by atoms with van der Waals surface area (Å²) in [5.41, 5.74) is 6.06. The number of nitrogens with two attached hydrogens (primary N) is 1. The van der Waals surface area contributed by atoms with Crippen LogP contribution in [-0.4, -0.2) is 38.1 Å². The number of hydrogen-bond donors (Lipinski definition) is 3. The number of carbonyl (C=O) groups is 2. The summed E-state index contributed by atoms with van der Waals surface area (Å²) in [5, 5.41) is 5.78. The molecule has 0 bridgehead atoms. The van der Waals surface area contributed by atoms with Crippen molar-refractivity contribution in [1.29, 1.82) is 0 Å². The minimum Gasteiger partial charge on any atom is -0.490 e. The number of carbonyl (C=O) groups excluding carboxylic acids is 2. The maximum absolute atomic E-state index is 11.6. The largest absolute Gasteiger partial charge is 0.490 e. The highest BCUT2D eigenvalue weighted by Gasteiger charge is 2.04. The number of nitrogens with one attached hydrogen (secondary N) is 2. The van der Waals surface area contributed by atoms with Crippen LogP contribution in [0.5, 0.6) is 11.5 Å². The smallest absolute Gasteiger partial charge is 0.239 e. The van der Waals surface area contributed by atoms with Crippen molar-refractivity contribution in [2.75, 3.05) is 26.3 Å². The molecule has 0 spiro atoms. The zero-order valence-corrected chi connectivity index (χ0v) is 16.7. The molecule has 0 aliphatic rings. The van der Waals surface area contributed by atoms with Crippen molar-refractivity contribution in [3.05, 3.63) is 59.1 Å². The SMILES string of the molecule is Cl.NCC(=O)NCC(=O)NCc1ccc(OCCOc2ccc(Cl)cc2)cc1. The Kier molecular flexibility index (Phi) is 10.8. The third-order valence-corrected chi connectivity index (χ3v) is 3.73. The Morgan fingerprint density at radius 3 is 1.93 bits per heavy atom. The van der Waals surface area contributed by atoms with Gasteiger partial charge >= 0.3 is 0 Å². The Morgan fingerprint density at radius 1 is 0.857 bits per heavy atom. The lowest BCUT2D eigenvalue weighted by molar-refractivity contribution is -0.125. The maximum Gasteiger partial charge on any atom is 0.239 e. The van der Waals surface area contributed by atoms with Crippen LogP contribution in [0.15, 0.2) is 48.5 Å². The van der Waals surface area contributed by atoms with Crippen LogP contribution in [-0.2, 0) is 16.1 Å². The fourth-order valence-electron chi connectivity index (χ4n) is 2.07. The van der Waals surface area contributed by atoms with Crippen LogP contribution >= 0.6 is 24.0 Å². The molecule has 28 heavy (non-hydrogen) atoms. The summed E-state index contributed by atoms with van der Waals surface area (Å²) in [6.07, 6.45) is 0. The van der Waals surface area contributed by atoms with Gasteiger partial charge in [0.1, 0.15) is 24.7 Å². The second-order valence-electron chi connectivity index (χ2n) is 5.55. The number of amides is 2. The van der Waals surface area contributed by atoms with Crippen LogP contribution in [0.2, 0.25) is 5.02 Å². The van der Waals surface area contributed by atoms with Gasteiger partial charge in [0.05, 0.1) is 13.1 Å². The standard InChI is InChI=1S/C19H22ClN3O4.ClH/c20-15-3-7-17(8-4-15)27-10-9-26-16-5-1-14(2-6-16)12-22-19(25)13-23-18(24)11-21;/h1-8H,9-13,21H2,(H,22,25)(H,23,24);1H. The first-order chi connectivity index (χ1) is 13.1. The topological polar surface area (TPSA) is 103 Å². The Hall–Kier alpha value is -2.48. The molecule has 9 heteroatoms. The van der Waals surface area contributed by atoms with Crippen molar-refractivity contribution in [2.45, 2.75) is 6.54 Å². The number of benzene rings is 2. The minimum atomic E-state index is -0.369. The van der Waals surface area contributed by atoms with Gasteiger partial charge in [0.15, 0.2) is 0 Å². The van der Waals surface area contributed by atoms with Gasteiger partial charge in [-0.15, -0.1) is 12.4 Å². The molecule has 0 saturated heterocycles. The van der Waals surface area contributed by atoms with Crippen molar-refractivity contribution < 1.29 is 19.1 Å². The van der Waals surface area contributed by atoms with E-state index in [-0.39, 0.29) is 37.3 Å². The summed E-state index contributed by atoms with van der Waals surface area (Å²) in [7, 11) is 0. The van der Waals surface area contributed by atoms with Gasteiger partial charge in [-0.3, -0.25) is 9.59 Å². The monoisotopic (exact) mass is 427 g/mol. The van der Waals surface area contributed by atoms with Crippen LogP contribution < -0.4 is 25.8 Å². The van der Waals surface area contributed by atoms with Gasteiger partial charge in [0.2, 0.25) is 11.8 Å². The van der Waals surface area contributed by atoms with Gasteiger partial charge in [-0.05, 0) is 42.0 Å². The summed E-state index contributed by atoms with van der Waals surface area (Å²) in [5.74, 6) is 0.792. The van der Waals surface area contributed by atoms with Crippen LogP contribution in [0.3, 0.4) is 0 Å². The molecule has 4 N–H and O–H groups in total. The lowest BCUT2D eigenvalue weighted by atomic mass is 10.2. The van der Waals surface area contributed by atoms with Crippen LogP contribution in [0.1, 0.15) is 5.56 Å². The first-order valence-electron chi connectivity index (χ1n) is 8.40. The second kappa shape index (κ2) is 12.8. The quantitative estimate of drug-likeness (QED) is 0.502. The molecule has 2 rings (SSSR count). The fourth-order valence-corrected chi connectivity index (χ4v) is 2.19. The van der Waals surface area contributed by atoms with E-state index in [1.165, 1.54) is 0 Å². The van der Waals surface area contributed by atoms with Crippen LogP contribution in [0.4, 0.5) is 0 Å². The van der Waals surface area contributed by atoms with Crippen LogP contribution in [0.25, 0.3) is 0 Å². The molecule has 7 nitrogen and oxygen atoms in total. The molecule has 0 heterocycles. The average molecular weight is 428 g/mol. The average Bonchev–Trinajstić information content (AvgIpc) is 2.70. The van der Waals surface area contributed by atoms with Crippen molar-refractivity contribution >= 4 is 35.8 Å². The van der Waals surface area contributed by atoms with E-state index in [0.717, 1.165) is 11.3 Å². The summed E-state index contributed by atoms with van der Waals surface area (Å²) >= 11 is 5.82. The number of hydrogen-bond acceptors (Lipinski definition) is 5. The van der Waals surface area contributed by atoms with E-state index in [1.54, 1.807) is 24.3 Å². The maximum atomic E-state index is 11.6. The molecule has 0 saturated carbocycles. The summed E-state index contributed by atoms with van der Waals surface area (Å²) in [4.78, 5) is 22.6.